The van der Waals surface area contributed by atoms with Crippen LogP contribution >= 0.6 is 11.8 Å². The van der Waals surface area contributed by atoms with Crippen molar-refractivity contribution in [2.75, 3.05) is 6.61 Å². The number of aliphatic hydroxyl groups is 1. The first-order valence-electron chi connectivity index (χ1n) is 6.27. The van der Waals surface area contributed by atoms with Crippen LogP contribution in [0.4, 0.5) is 0 Å². The van der Waals surface area contributed by atoms with E-state index in [4.69, 9.17) is 4.74 Å². The van der Waals surface area contributed by atoms with Gasteiger partial charge in [0.2, 0.25) is 5.91 Å². The monoisotopic (exact) mass is 397 g/mol. The van der Waals surface area contributed by atoms with Gasteiger partial charge in [0.05, 0.1) is 29.8 Å². The third kappa shape index (κ3) is 5.14. The molecule has 2 fully saturated rings. The third-order valence-electron chi connectivity index (χ3n) is 3.74. The van der Waals surface area contributed by atoms with E-state index in [-0.39, 0.29) is 80.0 Å². The number of amides is 1. The maximum absolute atomic E-state index is 11.9. The van der Waals surface area contributed by atoms with Gasteiger partial charge in [-0.05, 0) is 19.8 Å². The summed E-state index contributed by atoms with van der Waals surface area (Å²) >= 11 is 1.31. The number of carboxylic acid groups (broad SMARTS) is 1. The maximum Gasteiger partial charge on any atom is 1.00 e. The van der Waals surface area contributed by atoms with Gasteiger partial charge < -0.3 is 47.1 Å². The van der Waals surface area contributed by atoms with Crippen LogP contribution in [-0.2, 0) is 14.3 Å². The second-order valence-corrected chi connectivity index (χ2v) is 6.14. The average molecular weight is 397 g/mol. The fourth-order valence-electron chi connectivity index (χ4n) is 2.81. The Bertz CT molecular complexity index is 483. The number of hydrogen-bond acceptors (Lipinski definition) is 6. The zero-order valence-electron chi connectivity index (χ0n) is 13.9. The minimum absolute atomic E-state index is 0. The van der Waals surface area contributed by atoms with Crippen molar-refractivity contribution >= 4 is 23.6 Å². The number of hydrogen-bond donors (Lipinski definition) is 1. The zero-order valence-corrected chi connectivity index (χ0v) is 16.7. The average Bonchev–Trinajstić information content (AvgIpc) is 2.92. The molecule has 3 heterocycles. The number of carbonyl (C=O) groups is 2. The molecule has 0 bridgehead atoms. The van der Waals surface area contributed by atoms with Gasteiger partial charge in [0.1, 0.15) is 5.37 Å². The fraction of sp³-hybridized carbons (Fsp3) is 0.667. The molecular weight excluding hydrogens is 373 g/mol. The van der Waals surface area contributed by atoms with Gasteiger partial charge in [-0.3, -0.25) is 9.69 Å². The number of carbonyl (C=O) groups excluding carboxylic acids is 2. The van der Waals surface area contributed by atoms with Crippen LogP contribution in [0.5, 0.6) is 0 Å². The number of aliphatic carboxylic acids is 1. The van der Waals surface area contributed by atoms with Crippen LogP contribution < -0.4 is 34.7 Å². The predicted molar refractivity (Wildman–Crippen MR) is 82.5 cm³/mol. The van der Waals surface area contributed by atoms with Crippen molar-refractivity contribution in [2.45, 2.75) is 37.3 Å². The first-order valence-corrected chi connectivity index (χ1v) is 7.15. The Hall–Kier alpha value is -0.250. The van der Waals surface area contributed by atoms with Crippen LogP contribution in [0.15, 0.2) is 10.6 Å². The molecule has 0 aromatic heterocycles. The maximum atomic E-state index is 11.9. The topological polar surface area (TPSA) is 247 Å². The molecule has 144 valence electrons. The molecular formula is C12H24NNaO10S. The molecule has 11 N–H and O–H groups in total. The molecule has 0 unspecified atom stereocenters. The summed E-state index contributed by atoms with van der Waals surface area (Å²) in [5.74, 6) is -2.24. The summed E-state index contributed by atoms with van der Waals surface area (Å²) in [6, 6.07) is 0. The number of aliphatic hydroxyl groups excluding tert-OH is 1. The van der Waals surface area contributed by atoms with Crippen molar-refractivity contribution in [1.29, 1.82) is 0 Å². The largest absolute Gasteiger partial charge is 1.00 e. The van der Waals surface area contributed by atoms with Crippen LogP contribution in [0.25, 0.3) is 0 Å². The first kappa shape index (κ1) is 32.4. The molecule has 11 nitrogen and oxygen atoms in total. The Morgan fingerprint density at radius 3 is 2.28 bits per heavy atom. The number of fused-ring (bicyclic) bond motifs is 1. The number of rotatable bonds is 3. The van der Waals surface area contributed by atoms with Gasteiger partial charge in [0, 0.05) is 11.5 Å². The molecule has 3 aliphatic rings. The molecule has 3 rings (SSSR count). The summed E-state index contributed by atoms with van der Waals surface area (Å²) in [6.45, 7) is 2.15. The molecule has 2 saturated heterocycles. The van der Waals surface area contributed by atoms with Crippen LogP contribution in [0.2, 0.25) is 0 Å². The van der Waals surface area contributed by atoms with Crippen molar-refractivity contribution in [2.24, 2.45) is 5.92 Å². The Labute approximate surface area is 170 Å². The summed E-state index contributed by atoms with van der Waals surface area (Å²) in [4.78, 5) is 25.0. The number of β-lactam (4-membered cyclic amide) rings is 1. The Kier molecular flexibility index (Phi) is 15.8. The van der Waals surface area contributed by atoms with Gasteiger partial charge in [-0.25, -0.2) is 0 Å². The number of thioether (sulfide) groups is 1. The normalized spacial score (nSPS) is 26.9. The second-order valence-electron chi connectivity index (χ2n) is 4.99. The van der Waals surface area contributed by atoms with E-state index in [0.29, 0.717) is 11.5 Å². The molecule has 4 atom stereocenters. The van der Waals surface area contributed by atoms with Crippen molar-refractivity contribution in [3.63, 3.8) is 0 Å². The van der Waals surface area contributed by atoms with Gasteiger partial charge in [-0.1, -0.05) is 11.8 Å². The molecule has 13 heteroatoms. The summed E-state index contributed by atoms with van der Waals surface area (Å²) < 4.78 is 5.50. The van der Waals surface area contributed by atoms with Crippen LogP contribution in [0.3, 0.4) is 0 Å². The predicted octanol–water partition coefficient (Wildman–Crippen LogP) is -8.08. The van der Waals surface area contributed by atoms with Crippen LogP contribution in [0.1, 0.15) is 19.8 Å². The zero-order chi connectivity index (χ0) is 13.7. The van der Waals surface area contributed by atoms with E-state index < -0.39 is 18.0 Å². The molecule has 0 aliphatic carbocycles. The Balaban J connectivity index is -0.000000367. The van der Waals surface area contributed by atoms with E-state index in [9.17, 15) is 19.8 Å². The molecule has 0 radical (unpaired) electrons. The first-order chi connectivity index (χ1) is 9.02. The summed E-state index contributed by atoms with van der Waals surface area (Å²) in [5.41, 5.74) is -0.0659. The molecule has 25 heavy (non-hydrogen) atoms. The van der Waals surface area contributed by atoms with Crippen molar-refractivity contribution in [3.8, 4) is 0 Å². The SMILES string of the molecule is C[C@@H](O)[C@H]1C(=O)N2C(C(=O)[O-])=C([C@H]3CCCO3)S[C@H]12.O.O.O.O.O.[Na+]. The minimum Gasteiger partial charge on any atom is -0.543 e. The van der Waals surface area contributed by atoms with Crippen molar-refractivity contribution < 1.29 is 81.5 Å². The quantitative estimate of drug-likeness (QED) is 0.357. The smallest absolute Gasteiger partial charge is 0.543 e. The molecule has 0 saturated carbocycles. The van der Waals surface area contributed by atoms with Gasteiger partial charge >= 0.3 is 29.6 Å². The molecule has 1 amide bonds. The molecule has 0 aromatic carbocycles. The van der Waals surface area contributed by atoms with E-state index in [2.05, 4.69) is 0 Å². The molecule has 3 aliphatic heterocycles. The van der Waals surface area contributed by atoms with E-state index in [1.165, 1.54) is 16.7 Å². The summed E-state index contributed by atoms with van der Waals surface area (Å²) in [6.07, 6.45) is 0.597. The van der Waals surface area contributed by atoms with Gasteiger partial charge in [-0.2, -0.15) is 0 Å². The van der Waals surface area contributed by atoms with E-state index in [0.717, 1.165) is 12.8 Å². The van der Waals surface area contributed by atoms with Crippen LogP contribution in [0, 0.1) is 5.92 Å². The standard InChI is InChI=1S/C12H15NO5S.Na.5H2O/c1-5(14)7-10(15)13-8(12(16)17)9(19-11(7)13)6-3-2-4-18-6;;;;;;/h5-7,11,14H,2-4H2,1H3,(H,16,17);;5*1H2/q;+1;;;;;/p-1/t5-,6-,7+,11-;;;;;;/m1....../s1. The fourth-order valence-corrected chi connectivity index (χ4v) is 4.51. The Morgan fingerprint density at radius 2 is 1.88 bits per heavy atom. The number of carboxylic acids is 1. The molecule has 0 spiro atoms. The van der Waals surface area contributed by atoms with E-state index >= 15 is 0 Å². The van der Waals surface area contributed by atoms with Crippen molar-refractivity contribution in [1.82, 2.24) is 4.90 Å². The van der Waals surface area contributed by atoms with Crippen molar-refractivity contribution in [3.05, 3.63) is 10.6 Å². The van der Waals surface area contributed by atoms with Crippen LogP contribution in [-0.4, -0.2) is 73.5 Å². The summed E-state index contributed by atoms with van der Waals surface area (Å²) in [7, 11) is 0. The number of ether oxygens (including phenoxy) is 1. The Morgan fingerprint density at radius 1 is 1.32 bits per heavy atom. The minimum atomic E-state index is -1.35. The van der Waals surface area contributed by atoms with E-state index in [1.54, 1.807) is 6.92 Å². The van der Waals surface area contributed by atoms with E-state index in [1.807, 2.05) is 0 Å². The third-order valence-corrected chi connectivity index (χ3v) is 5.20. The van der Waals surface area contributed by atoms with Gasteiger partial charge in [-0.15, -0.1) is 0 Å². The van der Waals surface area contributed by atoms with Gasteiger partial charge in [0.25, 0.3) is 0 Å². The number of nitrogens with zero attached hydrogens (tertiary/aromatic N) is 1. The molecule has 0 aromatic rings. The second kappa shape index (κ2) is 12.2. The van der Waals surface area contributed by atoms with Gasteiger partial charge in [0.15, 0.2) is 0 Å². The summed E-state index contributed by atoms with van der Waals surface area (Å²) in [5, 5.41) is 20.5.